The maximum atomic E-state index is 13.5. The van der Waals surface area contributed by atoms with E-state index in [1.807, 2.05) is 0 Å². The Labute approximate surface area is 125 Å². The number of likely N-dealkylation sites (N-methyl/N-ethyl adjacent to an activating group) is 1. The van der Waals surface area contributed by atoms with Gasteiger partial charge in [0, 0.05) is 13.1 Å². The Balaban J connectivity index is 2.18. The first-order chi connectivity index (χ1) is 10.2. The van der Waals surface area contributed by atoms with Crippen molar-refractivity contribution in [2.75, 3.05) is 32.8 Å². The van der Waals surface area contributed by atoms with Crippen LogP contribution < -0.4 is 5.32 Å². The van der Waals surface area contributed by atoms with E-state index in [4.69, 9.17) is 4.74 Å². The van der Waals surface area contributed by atoms with Crippen LogP contribution in [0.3, 0.4) is 0 Å². The van der Waals surface area contributed by atoms with Crippen LogP contribution in [0.15, 0.2) is 18.2 Å². The average Bonchev–Trinajstić information content (AvgIpc) is 2.51. The lowest BCUT2D eigenvalue weighted by Gasteiger charge is -2.37. The van der Waals surface area contributed by atoms with Gasteiger partial charge in [0.05, 0.1) is 18.8 Å². The SMILES string of the molecule is CCCNC(c1ccc(F)c(F)c1)C1CN(CC)CCO1. The van der Waals surface area contributed by atoms with Gasteiger partial charge in [-0.2, -0.15) is 0 Å². The highest BCUT2D eigenvalue weighted by Crippen LogP contribution is 2.24. The largest absolute Gasteiger partial charge is 0.374 e. The van der Waals surface area contributed by atoms with Crippen molar-refractivity contribution < 1.29 is 13.5 Å². The minimum absolute atomic E-state index is 0.0462. The number of hydrogen-bond donors (Lipinski definition) is 1. The Morgan fingerprint density at radius 3 is 2.81 bits per heavy atom. The molecule has 0 amide bonds. The zero-order valence-electron chi connectivity index (χ0n) is 12.7. The number of benzene rings is 1. The Bertz CT molecular complexity index is 456. The molecule has 0 aliphatic carbocycles. The molecule has 1 aliphatic rings. The predicted molar refractivity (Wildman–Crippen MR) is 79.2 cm³/mol. The lowest BCUT2D eigenvalue weighted by atomic mass is 9.99. The van der Waals surface area contributed by atoms with Crippen molar-refractivity contribution in [1.29, 1.82) is 0 Å². The van der Waals surface area contributed by atoms with E-state index in [1.54, 1.807) is 6.07 Å². The van der Waals surface area contributed by atoms with Gasteiger partial charge >= 0.3 is 0 Å². The Morgan fingerprint density at radius 1 is 1.33 bits per heavy atom. The molecule has 21 heavy (non-hydrogen) atoms. The van der Waals surface area contributed by atoms with E-state index in [9.17, 15) is 8.78 Å². The highest BCUT2D eigenvalue weighted by Gasteiger charge is 2.28. The minimum atomic E-state index is -0.812. The molecule has 0 saturated carbocycles. The van der Waals surface area contributed by atoms with Crippen molar-refractivity contribution in [3.8, 4) is 0 Å². The van der Waals surface area contributed by atoms with Crippen LogP contribution in [-0.4, -0.2) is 43.8 Å². The predicted octanol–water partition coefficient (Wildman–Crippen LogP) is 2.73. The van der Waals surface area contributed by atoms with Crippen molar-refractivity contribution in [2.45, 2.75) is 32.4 Å². The van der Waals surface area contributed by atoms with Crippen molar-refractivity contribution in [3.63, 3.8) is 0 Å². The summed E-state index contributed by atoms with van der Waals surface area (Å²) in [6.45, 7) is 8.38. The van der Waals surface area contributed by atoms with Crippen LogP contribution in [0.1, 0.15) is 31.9 Å². The van der Waals surface area contributed by atoms with Gasteiger partial charge < -0.3 is 10.1 Å². The first-order valence-electron chi connectivity index (χ1n) is 7.68. The van der Waals surface area contributed by atoms with Crippen LogP contribution in [0.4, 0.5) is 8.78 Å². The minimum Gasteiger partial charge on any atom is -0.374 e. The Morgan fingerprint density at radius 2 is 2.14 bits per heavy atom. The number of rotatable bonds is 6. The van der Waals surface area contributed by atoms with Crippen molar-refractivity contribution in [3.05, 3.63) is 35.4 Å². The summed E-state index contributed by atoms with van der Waals surface area (Å²) in [7, 11) is 0. The van der Waals surface area contributed by atoms with Crippen LogP contribution >= 0.6 is 0 Å². The van der Waals surface area contributed by atoms with Gasteiger partial charge in [0.1, 0.15) is 0 Å². The second kappa shape index (κ2) is 7.82. The van der Waals surface area contributed by atoms with Crippen LogP contribution in [0.2, 0.25) is 0 Å². The molecule has 1 saturated heterocycles. The van der Waals surface area contributed by atoms with Crippen LogP contribution in [0, 0.1) is 11.6 Å². The molecule has 1 aromatic carbocycles. The van der Waals surface area contributed by atoms with Gasteiger partial charge in [0.2, 0.25) is 0 Å². The average molecular weight is 298 g/mol. The fourth-order valence-corrected chi connectivity index (χ4v) is 2.69. The number of hydrogen-bond acceptors (Lipinski definition) is 3. The third-order valence-corrected chi connectivity index (χ3v) is 3.91. The molecule has 0 aromatic heterocycles. The second-order valence-electron chi connectivity index (χ2n) is 5.41. The van der Waals surface area contributed by atoms with E-state index in [0.29, 0.717) is 6.61 Å². The molecule has 1 fully saturated rings. The monoisotopic (exact) mass is 298 g/mol. The molecule has 0 radical (unpaired) electrons. The smallest absolute Gasteiger partial charge is 0.159 e. The summed E-state index contributed by atoms with van der Waals surface area (Å²) in [5.74, 6) is -1.62. The van der Waals surface area contributed by atoms with Gasteiger partial charge in [-0.05, 0) is 37.2 Å². The first-order valence-corrected chi connectivity index (χ1v) is 7.68. The summed E-state index contributed by atoms with van der Waals surface area (Å²) in [5, 5.41) is 3.41. The maximum absolute atomic E-state index is 13.5. The lowest BCUT2D eigenvalue weighted by Crippen LogP contribution is -2.48. The molecule has 118 valence electrons. The van der Waals surface area contributed by atoms with Gasteiger partial charge in [0.15, 0.2) is 11.6 Å². The molecule has 0 bridgehead atoms. The van der Waals surface area contributed by atoms with E-state index >= 15 is 0 Å². The highest BCUT2D eigenvalue weighted by molar-refractivity contribution is 5.22. The number of halogens is 2. The van der Waals surface area contributed by atoms with Crippen molar-refractivity contribution in [2.24, 2.45) is 0 Å². The number of morpholine rings is 1. The lowest BCUT2D eigenvalue weighted by molar-refractivity contribution is -0.0456. The van der Waals surface area contributed by atoms with E-state index in [0.717, 1.165) is 38.2 Å². The molecule has 0 spiro atoms. The first kappa shape index (κ1) is 16.3. The normalized spacial score (nSPS) is 21.4. The number of ether oxygens (including phenoxy) is 1. The molecule has 1 aliphatic heterocycles. The van der Waals surface area contributed by atoms with Crippen LogP contribution in [0.25, 0.3) is 0 Å². The van der Waals surface area contributed by atoms with E-state index in [-0.39, 0.29) is 12.1 Å². The fourth-order valence-electron chi connectivity index (χ4n) is 2.69. The molecule has 1 N–H and O–H groups in total. The molecule has 2 unspecified atom stereocenters. The second-order valence-corrected chi connectivity index (χ2v) is 5.41. The quantitative estimate of drug-likeness (QED) is 0.874. The Kier molecular flexibility index (Phi) is 6.08. The third-order valence-electron chi connectivity index (χ3n) is 3.91. The maximum Gasteiger partial charge on any atom is 0.159 e. The number of nitrogens with one attached hydrogen (secondary N) is 1. The van der Waals surface area contributed by atoms with Gasteiger partial charge in [-0.1, -0.05) is 19.9 Å². The topological polar surface area (TPSA) is 24.5 Å². The molecule has 2 atom stereocenters. The van der Waals surface area contributed by atoms with Gasteiger partial charge in [-0.15, -0.1) is 0 Å². The number of nitrogens with zero attached hydrogens (tertiary/aromatic N) is 1. The molecular formula is C16H24F2N2O. The van der Waals surface area contributed by atoms with Gasteiger partial charge in [-0.25, -0.2) is 8.78 Å². The fraction of sp³-hybridized carbons (Fsp3) is 0.625. The standard InChI is InChI=1S/C16H24F2N2O/c1-3-7-19-16(12-5-6-13(17)14(18)10-12)15-11-20(4-2)8-9-21-15/h5-6,10,15-16,19H,3-4,7-9,11H2,1-2H3. The van der Waals surface area contributed by atoms with Crippen LogP contribution in [-0.2, 0) is 4.74 Å². The van der Waals surface area contributed by atoms with Crippen LogP contribution in [0.5, 0.6) is 0 Å². The zero-order valence-corrected chi connectivity index (χ0v) is 12.7. The molecule has 5 heteroatoms. The molecule has 1 aromatic rings. The van der Waals surface area contributed by atoms with Crippen molar-refractivity contribution in [1.82, 2.24) is 10.2 Å². The highest BCUT2D eigenvalue weighted by atomic mass is 19.2. The summed E-state index contributed by atoms with van der Waals surface area (Å²) in [5.41, 5.74) is 0.741. The Hall–Kier alpha value is -1.04. The molecular weight excluding hydrogens is 274 g/mol. The molecule has 2 rings (SSSR count). The summed E-state index contributed by atoms with van der Waals surface area (Å²) < 4.78 is 32.5. The molecule has 1 heterocycles. The van der Waals surface area contributed by atoms with Gasteiger partial charge in [0.25, 0.3) is 0 Å². The summed E-state index contributed by atoms with van der Waals surface area (Å²) in [4.78, 5) is 2.31. The summed E-state index contributed by atoms with van der Waals surface area (Å²) in [6.07, 6.45) is 0.930. The summed E-state index contributed by atoms with van der Waals surface area (Å²) >= 11 is 0. The molecule has 3 nitrogen and oxygen atoms in total. The van der Waals surface area contributed by atoms with E-state index in [1.165, 1.54) is 12.1 Å². The summed E-state index contributed by atoms with van der Waals surface area (Å²) in [6, 6.07) is 3.98. The zero-order chi connectivity index (χ0) is 15.2. The third kappa shape index (κ3) is 4.22. The van der Waals surface area contributed by atoms with E-state index < -0.39 is 11.6 Å². The van der Waals surface area contributed by atoms with Gasteiger partial charge in [-0.3, -0.25) is 4.90 Å². The van der Waals surface area contributed by atoms with E-state index in [2.05, 4.69) is 24.1 Å². The van der Waals surface area contributed by atoms with Crippen molar-refractivity contribution >= 4 is 0 Å².